The monoisotopic (exact) mass is 365 g/mol. The number of hydrogen-bond acceptors (Lipinski definition) is 4. The number of hydrogen-bond donors (Lipinski definition) is 2. The second-order valence-electron chi connectivity index (χ2n) is 6.20. The largest absolute Gasteiger partial charge is 0.450 e. The van der Waals surface area contributed by atoms with Gasteiger partial charge in [0.05, 0.1) is 24.0 Å². The molecule has 0 aliphatic carbocycles. The van der Waals surface area contributed by atoms with Crippen LogP contribution in [0.15, 0.2) is 42.5 Å². The van der Waals surface area contributed by atoms with Crippen LogP contribution in [0.2, 0.25) is 0 Å². The van der Waals surface area contributed by atoms with Gasteiger partial charge in [0.25, 0.3) is 0 Å². The minimum absolute atomic E-state index is 0.0804. The van der Waals surface area contributed by atoms with Gasteiger partial charge < -0.3 is 10.1 Å². The lowest BCUT2D eigenvalue weighted by Crippen LogP contribution is -2.41. The summed E-state index contributed by atoms with van der Waals surface area (Å²) >= 11 is 0. The topological polar surface area (TPSA) is 70.7 Å². The van der Waals surface area contributed by atoms with Crippen molar-refractivity contribution >= 4 is 41.2 Å². The molecular weight excluding hydrogens is 342 g/mol. The smallest absolute Gasteiger partial charge is 0.411 e. The van der Waals surface area contributed by atoms with Gasteiger partial charge in [-0.3, -0.25) is 15.0 Å². The Morgan fingerprint density at radius 2 is 1.78 bits per heavy atom. The molecule has 1 heterocycles. The molecule has 0 aromatic heterocycles. The average molecular weight is 365 g/mol. The van der Waals surface area contributed by atoms with E-state index in [9.17, 15) is 9.59 Å². The number of rotatable bonds is 4. The summed E-state index contributed by atoms with van der Waals surface area (Å²) in [6.45, 7) is 3.86. The van der Waals surface area contributed by atoms with Crippen molar-refractivity contribution < 1.29 is 14.3 Å². The van der Waals surface area contributed by atoms with Gasteiger partial charge in [-0.05, 0) is 50.2 Å². The number of para-hydroxylation sites is 1. The van der Waals surface area contributed by atoms with E-state index < -0.39 is 6.09 Å². The number of ether oxygens (including phenoxy) is 1. The van der Waals surface area contributed by atoms with Gasteiger partial charge >= 0.3 is 6.09 Å². The van der Waals surface area contributed by atoms with Crippen LogP contribution < -0.4 is 15.5 Å². The molecule has 2 N–H and O–H groups in total. The second-order valence-corrected chi connectivity index (χ2v) is 6.20. The summed E-state index contributed by atoms with van der Waals surface area (Å²) in [5, 5.41) is 5.71. The van der Waals surface area contributed by atoms with Crippen LogP contribution in [0.25, 0.3) is 12.2 Å². The lowest BCUT2D eigenvalue weighted by atomic mass is 10.1. The second kappa shape index (κ2) is 8.05. The fourth-order valence-electron chi connectivity index (χ4n) is 2.94. The van der Waals surface area contributed by atoms with E-state index in [1.54, 1.807) is 31.0 Å². The molecule has 0 bridgehead atoms. The third-order valence-electron chi connectivity index (χ3n) is 4.44. The first-order valence-corrected chi connectivity index (χ1v) is 8.91. The first-order chi connectivity index (χ1) is 13.0. The highest BCUT2D eigenvalue weighted by Gasteiger charge is 2.27. The highest BCUT2D eigenvalue weighted by molar-refractivity contribution is 6.08. The number of carbonyl (C=O) groups is 2. The molecule has 1 unspecified atom stereocenters. The third kappa shape index (κ3) is 3.85. The lowest BCUT2D eigenvalue weighted by Gasteiger charge is -2.28. The summed E-state index contributed by atoms with van der Waals surface area (Å²) in [6.07, 6.45) is 3.44. The molecule has 1 atom stereocenters. The zero-order valence-corrected chi connectivity index (χ0v) is 15.7. The van der Waals surface area contributed by atoms with Crippen molar-refractivity contribution in [1.29, 1.82) is 0 Å². The van der Waals surface area contributed by atoms with Crippen molar-refractivity contribution in [3.8, 4) is 0 Å². The number of carbonyl (C=O) groups excluding carboxylic acids is 2. The average Bonchev–Trinajstić information content (AvgIpc) is 2.83. The molecule has 0 radical (unpaired) electrons. The first kappa shape index (κ1) is 18.7. The lowest BCUT2D eigenvalue weighted by molar-refractivity contribution is -0.119. The number of nitrogens with one attached hydrogen (secondary N) is 2. The molecule has 1 aliphatic rings. The molecule has 0 spiro atoms. The Bertz CT molecular complexity index is 892. The van der Waals surface area contributed by atoms with E-state index >= 15 is 0 Å². The summed E-state index contributed by atoms with van der Waals surface area (Å²) in [5.74, 6) is -0.0804. The fourth-order valence-corrected chi connectivity index (χ4v) is 2.94. The maximum Gasteiger partial charge on any atom is 0.411 e. The molecule has 1 aliphatic heterocycles. The van der Waals surface area contributed by atoms with E-state index in [-0.39, 0.29) is 18.6 Å². The SMILES string of the molecule is CCOC(=O)Nc1ccc2c(c1)N(C(=O)C(C)NC)c1ccccc1C=C2. The molecule has 0 saturated carbocycles. The number of likely N-dealkylation sites (N-methyl/N-ethyl adjacent to an activating group) is 1. The molecule has 0 saturated heterocycles. The van der Waals surface area contributed by atoms with Crippen molar-refractivity contribution in [3.05, 3.63) is 53.6 Å². The summed E-state index contributed by atoms with van der Waals surface area (Å²) in [7, 11) is 1.75. The van der Waals surface area contributed by atoms with Gasteiger partial charge in [0.15, 0.2) is 0 Å². The Kier molecular flexibility index (Phi) is 5.57. The molecule has 2 aromatic rings. The minimum atomic E-state index is -0.525. The van der Waals surface area contributed by atoms with Gasteiger partial charge in [-0.15, -0.1) is 0 Å². The Hall–Kier alpha value is -3.12. The van der Waals surface area contributed by atoms with E-state index in [1.165, 1.54) is 0 Å². The number of nitrogens with zero attached hydrogens (tertiary/aromatic N) is 1. The zero-order chi connectivity index (χ0) is 19.4. The highest BCUT2D eigenvalue weighted by Crippen LogP contribution is 2.38. The Balaban J connectivity index is 2.10. The van der Waals surface area contributed by atoms with E-state index in [1.807, 2.05) is 49.4 Å². The number of amides is 2. The molecule has 3 rings (SSSR count). The quantitative estimate of drug-likeness (QED) is 0.859. The maximum atomic E-state index is 13.2. The van der Waals surface area contributed by atoms with Crippen LogP contribution in [0.5, 0.6) is 0 Å². The summed E-state index contributed by atoms with van der Waals surface area (Å²) in [5.41, 5.74) is 3.91. The van der Waals surface area contributed by atoms with Gasteiger partial charge in [0.2, 0.25) is 5.91 Å². The van der Waals surface area contributed by atoms with Crippen LogP contribution in [0.4, 0.5) is 21.9 Å². The predicted molar refractivity (Wildman–Crippen MR) is 108 cm³/mol. The van der Waals surface area contributed by atoms with Crippen LogP contribution in [-0.2, 0) is 9.53 Å². The number of fused-ring (bicyclic) bond motifs is 2. The van der Waals surface area contributed by atoms with Gasteiger partial charge in [-0.25, -0.2) is 4.79 Å². The maximum absolute atomic E-state index is 13.2. The molecular formula is C21H23N3O3. The van der Waals surface area contributed by atoms with Gasteiger partial charge in [-0.1, -0.05) is 36.4 Å². The van der Waals surface area contributed by atoms with Crippen molar-refractivity contribution in [2.45, 2.75) is 19.9 Å². The molecule has 140 valence electrons. The Morgan fingerprint density at radius 1 is 1.07 bits per heavy atom. The molecule has 0 fully saturated rings. The van der Waals surface area contributed by atoms with Crippen molar-refractivity contribution in [1.82, 2.24) is 5.32 Å². The van der Waals surface area contributed by atoms with Crippen LogP contribution in [-0.4, -0.2) is 31.7 Å². The van der Waals surface area contributed by atoms with Crippen LogP contribution in [0, 0.1) is 0 Å². The molecule has 6 nitrogen and oxygen atoms in total. The van der Waals surface area contributed by atoms with Gasteiger partial charge in [-0.2, -0.15) is 0 Å². The number of anilines is 3. The minimum Gasteiger partial charge on any atom is -0.450 e. The van der Waals surface area contributed by atoms with E-state index in [0.29, 0.717) is 11.4 Å². The number of benzene rings is 2. The Morgan fingerprint density at radius 3 is 2.48 bits per heavy atom. The zero-order valence-electron chi connectivity index (χ0n) is 15.7. The molecule has 2 aromatic carbocycles. The highest BCUT2D eigenvalue weighted by atomic mass is 16.5. The van der Waals surface area contributed by atoms with E-state index in [4.69, 9.17) is 4.74 Å². The van der Waals surface area contributed by atoms with Crippen LogP contribution in [0.3, 0.4) is 0 Å². The van der Waals surface area contributed by atoms with Gasteiger partial charge in [0.1, 0.15) is 0 Å². The van der Waals surface area contributed by atoms with Crippen molar-refractivity contribution in [2.24, 2.45) is 0 Å². The van der Waals surface area contributed by atoms with Crippen LogP contribution >= 0.6 is 0 Å². The third-order valence-corrected chi connectivity index (χ3v) is 4.44. The van der Waals surface area contributed by atoms with E-state index in [2.05, 4.69) is 10.6 Å². The Labute approximate surface area is 158 Å². The van der Waals surface area contributed by atoms with Gasteiger partial charge in [0, 0.05) is 5.69 Å². The van der Waals surface area contributed by atoms with Crippen LogP contribution in [0.1, 0.15) is 25.0 Å². The van der Waals surface area contributed by atoms with Crippen molar-refractivity contribution in [3.63, 3.8) is 0 Å². The summed E-state index contributed by atoms with van der Waals surface area (Å²) in [4.78, 5) is 26.6. The molecule has 2 amide bonds. The normalized spacial score (nSPS) is 13.2. The predicted octanol–water partition coefficient (Wildman–Crippen LogP) is 4.01. The fraction of sp³-hybridized carbons (Fsp3) is 0.238. The standard InChI is InChI=1S/C21H23N3O3/c1-4-27-21(26)23-17-12-11-16-10-9-15-7-5-6-8-18(15)24(19(16)13-17)20(25)14(2)22-3/h5-14,22H,4H2,1-3H3,(H,23,26). The van der Waals surface area contributed by atoms with E-state index in [0.717, 1.165) is 16.8 Å². The summed E-state index contributed by atoms with van der Waals surface area (Å²) in [6, 6.07) is 12.8. The van der Waals surface area contributed by atoms with Crippen molar-refractivity contribution in [2.75, 3.05) is 23.9 Å². The molecule has 6 heteroatoms. The molecule has 27 heavy (non-hydrogen) atoms. The first-order valence-electron chi connectivity index (χ1n) is 8.91. The summed E-state index contributed by atoms with van der Waals surface area (Å²) < 4.78 is 4.95.